The summed E-state index contributed by atoms with van der Waals surface area (Å²) in [5.41, 5.74) is 0.928. The second kappa shape index (κ2) is 4.13. The Morgan fingerprint density at radius 1 is 1.57 bits per heavy atom. The van der Waals surface area contributed by atoms with Crippen molar-refractivity contribution >= 4 is 6.03 Å². The number of hydrogen-bond donors (Lipinski definition) is 2. The molecule has 5 nitrogen and oxygen atoms in total. The van der Waals surface area contributed by atoms with E-state index in [4.69, 9.17) is 0 Å². The summed E-state index contributed by atoms with van der Waals surface area (Å²) < 4.78 is 0. The number of H-pyrrole nitrogens is 1. The van der Waals surface area contributed by atoms with Gasteiger partial charge in [-0.05, 0) is 18.9 Å². The van der Waals surface area contributed by atoms with Gasteiger partial charge in [-0.25, -0.2) is 4.79 Å². The van der Waals surface area contributed by atoms with Crippen LogP contribution in [0.5, 0.6) is 0 Å². The molecule has 2 rings (SSSR count). The van der Waals surface area contributed by atoms with E-state index in [9.17, 15) is 4.79 Å². The number of amides is 2. The second-order valence-corrected chi connectivity index (χ2v) is 3.43. The Kier molecular flexibility index (Phi) is 2.67. The summed E-state index contributed by atoms with van der Waals surface area (Å²) >= 11 is 0. The van der Waals surface area contributed by atoms with Crippen LogP contribution in [0.4, 0.5) is 4.79 Å². The van der Waals surface area contributed by atoms with Crippen LogP contribution >= 0.6 is 0 Å². The number of nitrogens with one attached hydrogen (secondary N) is 2. The maximum Gasteiger partial charge on any atom is 0.317 e. The van der Waals surface area contributed by atoms with Crippen molar-refractivity contribution in [3.63, 3.8) is 0 Å². The standard InChI is InChI=1S/C9H14N4O/c14-9(13-5-1-2-6-13)10-7-8-3-4-11-12-8/h3-4H,1-2,5-7H2,(H,10,14)(H,11,12). The third kappa shape index (κ3) is 2.04. The molecule has 0 bridgehead atoms. The van der Waals surface area contributed by atoms with Crippen molar-refractivity contribution < 1.29 is 4.79 Å². The fourth-order valence-corrected chi connectivity index (χ4v) is 1.59. The molecule has 0 spiro atoms. The lowest BCUT2D eigenvalue weighted by atomic mass is 10.4. The van der Waals surface area contributed by atoms with Gasteiger partial charge in [0.2, 0.25) is 0 Å². The molecule has 1 fully saturated rings. The van der Waals surface area contributed by atoms with E-state index in [2.05, 4.69) is 15.5 Å². The van der Waals surface area contributed by atoms with E-state index in [0.717, 1.165) is 31.6 Å². The van der Waals surface area contributed by atoms with E-state index in [1.54, 1.807) is 6.20 Å². The average molecular weight is 194 g/mol. The molecule has 1 aliphatic heterocycles. The monoisotopic (exact) mass is 194 g/mol. The van der Waals surface area contributed by atoms with Gasteiger partial charge < -0.3 is 10.2 Å². The van der Waals surface area contributed by atoms with Gasteiger partial charge in [-0.15, -0.1) is 0 Å². The van der Waals surface area contributed by atoms with E-state index in [-0.39, 0.29) is 6.03 Å². The first-order chi connectivity index (χ1) is 6.86. The Hall–Kier alpha value is -1.52. The summed E-state index contributed by atoms with van der Waals surface area (Å²) in [7, 11) is 0. The number of carbonyl (C=O) groups is 1. The fraction of sp³-hybridized carbons (Fsp3) is 0.556. The molecule has 0 unspecified atom stereocenters. The van der Waals surface area contributed by atoms with Crippen LogP contribution in [0, 0.1) is 0 Å². The summed E-state index contributed by atoms with van der Waals surface area (Å²) in [6.45, 7) is 2.29. The maximum absolute atomic E-state index is 11.5. The minimum Gasteiger partial charge on any atom is -0.332 e. The molecule has 5 heteroatoms. The van der Waals surface area contributed by atoms with E-state index in [1.807, 2.05) is 11.0 Å². The molecule has 1 aliphatic rings. The number of aromatic amines is 1. The molecule has 0 saturated carbocycles. The number of rotatable bonds is 2. The average Bonchev–Trinajstić information content (AvgIpc) is 2.87. The Balaban J connectivity index is 1.77. The molecule has 14 heavy (non-hydrogen) atoms. The smallest absolute Gasteiger partial charge is 0.317 e. The van der Waals surface area contributed by atoms with Crippen LogP contribution in [0.1, 0.15) is 18.5 Å². The Bertz CT molecular complexity index is 290. The third-order valence-corrected chi connectivity index (χ3v) is 2.38. The van der Waals surface area contributed by atoms with E-state index >= 15 is 0 Å². The summed E-state index contributed by atoms with van der Waals surface area (Å²) in [4.78, 5) is 13.4. The highest BCUT2D eigenvalue weighted by molar-refractivity contribution is 5.74. The van der Waals surface area contributed by atoms with Crippen LogP contribution in [-0.4, -0.2) is 34.2 Å². The van der Waals surface area contributed by atoms with Crippen molar-refractivity contribution in [1.82, 2.24) is 20.4 Å². The highest BCUT2D eigenvalue weighted by atomic mass is 16.2. The van der Waals surface area contributed by atoms with Gasteiger partial charge in [0.15, 0.2) is 0 Å². The number of likely N-dealkylation sites (tertiary alicyclic amines) is 1. The van der Waals surface area contributed by atoms with Crippen LogP contribution < -0.4 is 5.32 Å². The van der Waals surface area contributed by atoms with Crippen LogP contribution in [0.25, 0.3) is 0 Å². The first kappa shape index (κ1) is 9.05. The Morgan fingerprint density at radius 2 is 2.36 bits per heavy atom. The molecule has 0 radical (unpaired) electrons. The van der Waals surface area contributed by atoms with E-state index in [0.29, 0.717) is 6.54 Å². The lowest BCUT2D eigenvalue weighted by Gasteiger charge is -2.15. The minimum atomic E-state index is 0.0251. The van der Waals surface area contributed by atoms with Crippen LogP contribution in [0.3, 0.4) is 0 Å². The van der Waals surface area contributed by atoms with Crippen LogP contribution in [-0.2, 0) is 6.54 Å². The topological polar surface area (TPSA) is 61.0 Å². The van der Waals surface area contributed by atoms with Crippen molar-refractivity contribution in [2.75, 3.05) is 13.1 Å². The predicted molar refractivity (Wildman–Crippen MR) is 51.6 cm³/mol. The summed E-state index contributed by atoms with van der Waals surface area (Å²) in [5.74, 6) is 0. The molecule has 76 valence electrons. The quantitative estimate of drug-likeness (QED) is 0.728. The van der Waals surface area contributed by atoms with Crippen LogP contribution in [0.15, 0.2) is 12.3 Å². The largest absolute Gasteiger partial charge is 0.332 e. The van der Waals surface area contributed by atoms with Crippen molar-refractivity contribution in [1.29, 1.82) is 0 Å². The molecular weight excluding hydrogens is 180 g/mol. The van der Waals surface area contributed by atoms with E-state index in [1.165, 1.54) is 0 Å². The van der Waals surface area contributed by atoms with Gasteiger partial charge in [0.25, 0.3) is 0 Å². The molecule has 1 aromatic rings. The molecule has 2 N–H and O–H groups in total. The number of aromatic nitrogens is 2. The number of nitrogens with zero attached hydrogens (tertiary/aromatic N) is 2. The molecule has 0 aliphatic carbocycles. The Morgan fingerprint density at radius 3 is 3.00 bits per heavy atom. The van der Waals surface area contributed by atoms with Gasteiger partial charge in [-0.1, -0.05) is 0 Å². The van der Waals surface area contributed by atoms with Crippen molar-refractivity contribution in [3.05, 3.63) is 18.0 Å². The zero-order chi connectivity index (χ0) is 9.80. The highest BCUT2D eigenvalue weighted by Gasteiger charge is 2.16. The number of hydrogen-bond acceptors (Lipinski definition) is 2. The number of urea groups is 1. The summed E-state index contributed by atoms with van der Waals surface area (Å²) in [5, 5.41) is 9.45. The predicted octanol–water partition coefficient (Wildman–Crippen LogP) is 0.715. The molecular formula is C9H14N4O. The zero-order valence-corrected chi connectivity index (χ0v) is 7.99. The van der Waals surface area contributed by atoms with Crippen molar-refractivity contribution in [2.45, 2.75) is 19.4 Å². The van der Waals surface area contributed by atoms with Gasteiger partial charge in [-0.2, -0.15) is 5.10 Å². The first-order valence-electron chi connectivity index (χ1n) is 4.87. The van der Waals surface area contributed by atoms with Gasteiger partial charge in [0, 0.05) is 19.3 Å². The van der Waals surface area contributed by atoms with Gasteiger partial charge >= 0.3 is 6.03 Å². The molecule has 0 atom stereocenters. The normalized spacial score (nSPS) is 15.9. The minimum absolute atomic E-state index is 0.0251. The molecule has 1 aromatic heterocycles. The maximum atomic E-state index is 11.5. The number of carbonyl (C=O) groups excluding carboxylic acids is 1. The SMILES string of the molecule is O=C(NCc1ccn[nH]1)N1CCCC1. The highest BCUT2D eigenvalue weighted by Crippen LogP contribution is 2.07. The third-order valence-electron chi connectivity index (χ3n) is 2.38. The van der Waals surface area contributed by atoms with Gasteiger partial charge in [0.1, 0.15) is 0 Å². The lowest BCUT2D eigenvalue weighted by molar-refractivity contribution is 0.208. The molecule has 2 amide bonds. The van der Waals surface area contributed by atoms with Crippen molar-refractivity contribution in [2.24, 2.45) is 0 Å². The second-order valence-electron chi connectivity index (χ2n) is 3.43. The van der Waals surface area contributed by atoms with Gasteiger partial charge in [-0.3, -0.25) is 5.10 Å². The first-order valence-corrected chi connectivity index (χ1v) is 4.87. The van der Waals surface area contributed by atoms with Crippen LogP contribution in [0.2, 0.25) is 0 Å². The lowest BCUT2D eigenvalue weighted by Crippen LogP contribution is -2.37. The van der Waals surface area contributed by atoms with Gasteiger partial charge in [0.05, 0.1) is 12.2 Å². The fourth-order valence-electron chi connectivity index (χ4n) is 1.59. The summed E-state index contributed by atoms with van der Waals surface area (Å²) in [6.07, 6.45) is 3.92. The summed E-state index contributed by atoms with van der Waals surface area (Å²) in [6, 6.07) is 1.88. The Labute approximate surface area is 82.5 Å². The van der Waals surface area contributed by atoms with Crippen molar-refractivity contribution in [3.8, 4) is 0 Å². The molecule has 1 saturated heterocycles. The van der Waals surface area contributed by atoms with E-state index < -0.39 is 0 Å². The molecule has 2 heterocycles. The zero-order valence-electron chi connectivity index (χ0n) is 7.99. The molecule has 0 aromatic carbocycles.